The van der Waals surface area contributed by atoms with Crippen LogP contribution in [-0.4, -0.2) is 42.9 Å². The molecule has 0 radical (unpaired) electrons. The molecule has 7 heteroatoms. The van der Waals surface area contributed by atoms with Crippen LogP contribution < -0.4 is 4.72 Å². The molecular formula is C11H22N2O4S. The van der Waals surface area contributed by atoms with Gasteiger partial charge in [-0.3, -0.25) is 4.79 Å². The molecule has 0 unspecified atom stereocenters. The van der Waals surface area contributed by atoms with E-state index in [0.29, 0.717) is 25.9 Å². The zero-order valence-electron chi connectivity index (χ0n) is 10.8. The van der Waals surface area contributed by atoms with Crippen molar-refractivity contribution in [1.82, 2.24) is 9.03 Å². The Bertz CT molecular complexity index is 361. The van der Waals surface area contributed by atoms with Crippen LogP contribution in [0.2, 0.25) is 0 Å². The standard InChI is InChI=1S/C11H22N2O4S/c1-2-7-10(11(14)15)12-18(16,17)13-8-5-3-4-6-9-13/h10,12H,2-9H2,1H3,(H,14,15)/t10-/m0/s1. The molecule has 1 fully saturated rings. The van der Waals surface area contributed by atoms with E-state index < -0.39 is 22.2 Å². The summed E-state index contributed by atoms with van der Waals surface area (Å²) in [6, 6.07) is -1.02. The highest BCUT2D eigenvalue weighted by molar-refractivity contribution is 7.87. The fourth-order valence-corrected chi connectivity index (χ4v) is 3.52. The van der Waals surface area contributed by atoms with E-state index >= 15 is 0 Å². The van der Waals surface area contributed by atoms with Crippen LogP contribution in [0.15, 0.2) is 0 Å². The lowest BCUT2D eigenvalue weighted by Gasteiger charge is -2.22. The summed E-state index contributed by atoms with van der Waals surface area (Å²) in [4.78, 5) is 11.0. The van der Waals surface area contributed by atoms with Gasteiger partial charge >= 0.3 is 5.97 Å². The Kier molecular flexibility index (Phi) is 6.04. The summed E-state index contributed by atoms with van der Waals surface area (Å²) >= 11 is 0. The first kappa shape index (κ1) is 15.4. The van der Waals surface area contributed by atoms with E-state index in [4.69, 9.17) is 5.11 Å². The highest BCUT2D eigenvalue weighted by Crippen LogP contribution is 2.13. The normalized spacial score (nSPS) is 20.3. The van der Waals surface area contributed by atoms with Crippen LogP contribution in [0.1, 0.15) is 45.4 Å². The molecule has 0 amide bonds. The van der Waals surface area contributed by atoms with Gasteiger partial charge in [0, 0.05) is 13.1 Å². The largest absolute Gasteiger partial charge is 0.480 e. The lowest BCUT2D eigenvalue weighted by atomic mass is 10.2. The molecule has 106 valence electrons. The van der Waals surface area contributed by atoms with Crippen molar-refractivity contribution in [3.63, 3.8) is 0 Å². The monoisotopic (exact) mass is 278 g/mol. The topological polar surface area (TPSA) is 86.7 Å². The number of carboxylic acids is 1. The highest BCUT2D eigenvalue weighted by Gasteiger charge is 2.28. The maximum atomic E-state index is 12.1. The van der Waals surface area contributed by atoms with Crippen molar-refractivity contribution < 1.29 is 18.3 Å². The van der Waals surface area contributed by atoms with Gasteiger partial charge in [0.25, 0.3) is 10.2 Å². The van der Waals surface area contributed by atoms with Crippen LogP contribution in [0.3, 0.4) is 0 Å². The molecule has 0 aromatic rings. The van der Waals surface area contributed by atoms with Gasteiger partial charge in [-0.05, 0) is 19.3 Å². The molecule has 1 aliphatic rings. The molecule has 2 N–H and O–H groups in total. The zero-order valence-corrected chi connectivity index (χ0v) is 11.6. The Labute approximate surface area is 109 Å². The molecule has 1 aliphatic heterocycles. The van der Waals surface area contributed by atoms with E-state index in [2.05, 4.69) is 4.72 Å². The number of nitrogens with one attached hydrogen (secondary N) is 1. The van der Waals surface area contributed by atoms with Gasteiger partial charge in [-0.15, -0.1) is 0 Å². The molecular weight excluding hydrogens is 256 g/mol. The molecule has 0 aromatic heterocycles. The highest BCUT2D eigenvalue weighted by atomic mass is 32.2. The number of carboxylic acid groups (broad SMARTS) is 1. The first-order valence-electron chi connectivity index (χ1n) is 6.47. The van der Waals surface area contributed by atoms with Gasteiger partial charge in [0.05, 0.1) is 0 Å². The smallest absolute Gasteiger partial charge is 0.321 e. The summed E-state index contributed by atoms with van der Waals surface area (Å²) in [7, 11) is -3.67. The third-order valence-corrected chi connectivity index (χ3v) is 4.70. The minimum absolute atomic E-state index is 0.308. The van der Waals surface area contributed by atoms with Crippen molar-refractivity contribution in [1.29, 1.82) is 0 Å². The zero-order chi connectivity index (χ0) is 13.6. The van der Waals surface area contributed by atoms with Crippen LogP contribution in [0.5, 0.6) is 0 Å². The van der Waals surface area contributed by atoms with Gasteiger partial charge in [0.15, 0.2) is 0 Å². The summed E-state index contributed by atoms with van der Waals surface area (Å²) < 4.78 is 27.8. The van der Waals surface area contributed by atoms with Crippen molar-refractivity contribution in [2.75, 3.05) is 13.1 Å². The van der Waals surface area contributed by atoms with E-state index in [0.717, 1.165) is 25.7 Å². The van der Waals surface area contributed by atoms with Crippen molar-refractivity contribution in [3.8, 4) is 0 Å². The molecule has 0 bridgehead atoms. The molecule has 1 rings (SSSR count). The minimum atomic E-state index is -3.67. The average Bonchev–Trinajstić information content (AvgIpc) is 2.57. The second-order valence-electron chi connectivity index (χ2n) is 4.62. The molecule has 1 saturated heterocycles. The Morgan fingerprint density at radius 1 is 1.28 bits per heavy atom. The Hall–Kier alpha value is -0.660. The maximum Gasteiger partial charge on any atom is 0.321 e. The van der Waals surface area contributed by atoms with E-state index in [-0.39, 0.29) is 0 Å². The molecule has 6 nitrogen and oxygen atoms in total. The van der Waals surface area contributed by atoms with Crippen LogP contribution in [-0.2, 0) is 15.0 Å². The maximum absolute atomic E-state index is 12.1. The number of nitrogens with zero attached hydrogens (tertiary/aromatic N) is 1. The summed E-state index contributed by atoms with van der Waals surface area (Å²) in [5.74, 6) is -1.12. The van der Waals surface area contributed by atoms with Gasteiger partial charge in [0.1, 0.15) is 6.04 Å². The van der Waals surface area contributed by atoms with Crippen LogP contribution in [0.25, 0.3) is 0 Å². The average molecular weight is 278 g/mol. The number of hydrogen-bond acceptors (Lipinski definition) is 3. The summed E-state index contributed by atoms with van der Waals surface area (Å²) in [6.45, 7) is 2.79. The van der Waals surface area contributed by atoms with Crippen molar-refractivity contribution in [2.24, 2.45) is 0 Å². The van der Waals surface area contributed by atoms with E-state index in [1.54, 1.807) is 0 Å². The summed E-state index contributed by atoms with van der Waals surface area (Å²) in [6.07, 6.45) is 4.67. The van der Waals surface area contributed by atoms with Gasteiger partial charge < -0.3 is 5.11 Å². The lowest BCUT2D eigenvalue weighted by molar-refractivity contribution is -0.139. The fraction of sp³-hybridized carbons (Fsp3) is 0.909. The van der Waals surface area contributed by atoms with Crippen LogP contribution >= 0.6 is 0 Å². The first-order valence-corrected chi connectivity index (χ1v) is 7.91. The number of hydrogen-bond donors (Lipinski definition) is 2. The molecule has 0 aliphatic carbocycles. The molecule has 1 atom stereocenters. The molecule has 0 spiro atoms. The van der Waals surface area contributed by atoms with Crippen LogP contribution in [0.4, 0.5) is 0 Å². The summed E-state index contributed by atoms with van der Waals surface area (Å²) in [5.41, 5.74) is 0. The SMILES string of the molecule is CCC[C@H](NS(=O)(=O)N1CCCCCC1)C(=O)O. The third-order valence-electron chi connectivity index (χ3n) is 3.07. The van der Waals surface area contributed by atoms with Gasteiger partial charge in [-0.1, -0.05) is 26.2 Å². The Morgan fingerprint density at radius 3 is 2.28 bits per heavy atom. The number of rotatable bonds is 6. The first-order chi connectivity index (χ1) is 8.47. The molecule has 0 aromatic carbocycles. The second-order valence-corrected chi connectivity index (χ2v) is 6.32. The third kappa shape index (κ3) is 4.55. The predicted octanol–water partition coefficient (Wildman–Crippen LogP) is 0.950. The molecule has 1 heterocycles. The van der Waals surface area contributed by atoms with Crippen molar-refractivity contribution >= 4 is 16.2 Å². The molecule has 0 saturated carbocycles. The van der Waals surface area contributed by atoms with Crippen LogP contribution in [0, 0.1) is 0 Å². The Balaban J connectivity index is 2.69. The minimum Gasteiger partial charge on any atom is -0.480 e. The second kappa shape index (κ2) is 7.06. The van der Waals surface area contributed by atoms with Gasteiger partial charge in [-0.2, -0.15) is 17.4 Å². The summed E-state index contributed by atoms with van der Waals surface area (Å²) in [5, 5.41) is 8.98. The quantitative estimate of drug-likeness (QED) is 0.757. The molecule has 18 heavy (non-hydrogen) atoms. The lowest BCUT2D eigenvalue weighted by Crippen LogP contribution is -2.48. The van der Waals surface area contributed by atoms with Gasteiger partial charge in [0.2, 0.25) is 0 Å². The fourth-order valence-electron chi connectivity index (χ4n) is 2.06. The Morgan fingerprint density at radius 2 is 1.83 bits per heavy atom. The van der Waals surface area contributed by atoms with E-state index in [9.17, 15) is 13.2 Å². The number of aliphatic carboxylic acids is 1. The van der Waals surface area contributed by atoms with E-state index in [1.807, 2.05) is 6.92 Å². The predicted molar refractivity (Wildman–Crippen MR) is 68.4 cm³/mol. The van der Waals surface area contributed by atoms with E-state index in [1.165, 1.54) is 4.31 Å². The van der Waals surface area contributed by atoms with Crippen molar-refractivity contribution in [2.45, 2.75) is 51.5 Å². The van der Waals surface area contributed by atoms with Gasteiger partial charge in [-0.25, -0.2) is 0 Å². The van der Waals surface area contributed by atoms with Crippen molar-refractivity contribution in [3.05, 3.63) is 0 Å². The number of carbonyl (C=O) groups is 1.